The minimum Gasteiger partial charge on any atom is -0.531 e. The largest absolute Gasteiger partial charge is 0.531 e. The predicted octanol–water partition coefficient (Wildman–Crippen LogP) is -0.343. The quantitative estimate of drug-likeness (QED) is 0.308. The number of ether oxygens (including phenoxy) is 1. The average Bonchev–Trinajstić information content (AvgIpc) is 1.68. The molecule has 45 valence electrons. The third-order valence-electron chi connectivity index (χ3n) is 0.359. The number of rotatable bonds is 2. The number of carbonyl (C=O) groups is 1. The maximum Gasteiger partial charge on any atom is 0.183 e. The SMILES string of the molecule is CCOC(=O)[C-]=O.[V]. The van der Waals surface area contributed by atoms with Crippen LogP contribution in [0.25, 0.3) is 0 Å². The van der Waals surface area contributed by atoms with E-state index in [1.807, 2.05) is 0 Å². The van der Waals surface area contributed by atoms with Crippen LogP contribution in [-0.4, -0.2) is 18.9 Å². The summed E-state index contributed by atoms with van der Waals surface area (Å²) in [5.41, 5.74) is 0. The Morgan fingerprint density at radius 3 is 2.38 bits per heavy atom. The van der Waals surface area contributed by atoms with E-state index in [0.717, 1.165) is 6.29 Å². The van der Waals surface area contributed by atoms with E-state index in [9.17, 15) is 9.59 Å². The summed E-state index contributed by atoms with van der Waals surface area (Å²) in [6, 6.07) is 0. The van der Waals surface area contributed by atoms with Gasteiger partial charge in [-0.1, -0.05) is 0 Å². The van der Waals surface area contributed by atoms with Crippen LogP contribution in [0.15, 0.2) is 0 Å². The summed E-state index contributed by atoms with van der Waals surface area (Å²) >= 11 is 0. The van der Waals surface area contributed by atoms with Gasteiger partial charge in [0.05, 0.1) is 6.61 Å². The second kappa shape index (κ2) is 6.72. The Bertz CT molecular complexity index is 81.4. The van der Waals surface area contributed by atoms with Crippen molar-refractivity contribution in [2.24, 2.45) is 0 Å². The molecular formula is C4H5O3V-. The minimum atomic E-state index is -0.928. The van der Waals surface area contributed by atoms with Gasteiger partial charge in [-0.05, 0) is 6.92 Å². The first-order chi connectivity index (χ1) is 3.31. The third kappa shape index (κ3) is 5.72. The molecule has 0 N–H and O–H groups in total. The van der Waals surface area contributed by atoms with Gasteiger partial charge in [0, 0.05) is 18.6 Å². The first-order valence-corrected chi connectivity index (χ1v) is 1.86. The molecule has 0 heterocycles. The summed E-state index contributed by atoms with van der Waals surface area (Å²) in [5, 5.41) is 0. The molecular weight excluding hydrogens is 147 g/mol. The average molecular weight is 152 g/mol. The second-order valence-electron chi connectivity index (χ2n) is 0.823. The van der Waals surface area contributed by atoms with Crippen LogP contribution in [0.5, 0.6) is 0 Å². The molecule has 0 fully saturated rings. The van der Waals surface area contributed by atoms with Crippen LogP contribution in [0.1, 0.15) is 6.92 Å². The van der Waals surface area contributed by atoms with Crippen molar-refractivity contribution in [2.45, 2.75) is 6.92 Å². The zero-order valence-corrected chi connectivity index (χ0v) is 5.78. The molecule has 0 aliphatic heterocycles. The Hall–Kier alpha value is -0.276. The molecule has 0 saturated heterocycles. The fraction of sp³-hybridized carbons (Fsp3) is 0.500. The maximum atomic E-state index is 9.77. The van der Waals surface area contributed by atoms with Crippen molar-refractivity contribution in [2.75, 3.05) is 6.61 Å². The van der Waals surface area contributed by atoms with Crippen molar-refractivity contribution < 1.29 is 32.9 Å². The van der Waals surface area contributed by atoms with Gasteiger partial charge >= 0.3 is 0 Å². The first-order valence-electron chi connectivity index (χ1n) is 1.86. The van der Waals surface area contributed by atoms with Crippen LogP contribution < -0.4 is 0 Å². The molecule has 0 unspecified atom stereocenters. The molecule has 0 spiro atoms. The molecule has 0 aliphatic rings. The first kappa shape index (κ1) is 10.7. The van der Waals surface area contributed by atoms with E-state index in [2.05, 4.69) is 4.74 Å². The van der Waals surface area contributed by atoms with Gasteiger partial charge in [-0.25, -0.2) is 0 Å². The van der Waals surface area contributed by atoms with E-state index in [4.69, 9.17) is 0 Å². The van der Waals surface area contributed by atoms with Gasteiger partial charge in [0.15, 0.2) is 5.97 Å². The Morgan fingerprint density at radius 2 is 2.25 bits per heavy atom. The van der Waals surface area contributed by atoms with Gasteiger partial charge in [0.25, 0.3) is 0 Å². The predicted molar refractivity (Wildman–Crippen MR) is 22.3 cm³/mol. The molecule has 0 rings (SSSR count). The van der Waals surface area contributed by atoms with Crippen LogP contribution >= 0.6 is 0 Å². The number of hydrogen-bond acceptors (Lipinski definition) is 3. The van der Waals surface area contributed by atoms with Crippen molar-refractivity contribution in [3.05, 3.63) is 0 Å². The van der Waals surface area contributed by atoms with Gasteiger partial charge in [-0.15, -0.1) is 0 Å². The summed E-state index contributed by atoms with van der Waals surface area (Å²) in [4.78, 5) is 19.1. The van der Waals surface area contributed by atoms with E-state index in [0.29, 0.717) is 0 Å². The Morgan fingerprint density at radius 1 is 1.75 bits per heavy atom. The van der Waals surface area contributed by atoms with E-state index in [-0.39, 0.29) is 25.2 Å². The number of carbonyl (C=O) groups excluding carboxylic acids is 2. The zero-order valence-electron chi connectivity index (χ0n) is 4.38. The molecule has 0 aromatic rings. The van der Waals surface area contributed by atoms with Gasteiger partial charge < -0.3 is 9.53 Å². The van der Waals surface area contributed by atoms with Crippen molar-refractivity contribution >= 4 is 12.3 Å². The molecule has 0 bridgehead atoms. The molecule has 0 atom stereocenters. The zero-order chi connectivity index (χ0) is 5.70. The van der Waals surface area contributed by atoms with Crippen LogP contribution in [0.2, 0.25) is 0 Å². The Kier molecular flexibility index (Phi) is 8.96. The molecule has 8 heavy (non-hydrogen) atoms. The molecule has 1 radical (unpaired) electrons. The van der Waals surface area contributed by atoms with E-state index >= 15 is 0 Å². The summed E-state index contributed by atoms with van der Waals surface area (Å²) < 4.78 is 4.13. The van der Waals surface area contributed by atoms with Crippen molar-refractivity contribution in [1.29, 1.82) is 0 Å². The third-order valence-corrected chi connectivity index (χ3v) is 0.359. The Balaban J connectivity index is 0. The summed E-state index contributed by atoms with van der Waals surface area (Å²) in [5.74, 6) is -0.928. The molecule has 3 nitrogen and oxygen atoms in total. The maximum absolute atomic E-state index is 9.77. The summed E-state index contributed by atoms with van der Waals surface area (Å²) in [7, 11) is 0. The van der Waals surface area contributed by atoms with Gasteiger partial charge in [0.1, 0.15) is 0 Å². The number of hydrogen-bond donors (Lipinski definition) is 0. The molecule has 0 aromatic heterocycles. The number of esters is 1. The smallest absolute Gasteiger partial charge is 0.183 e. The fourth-order valence-corrected chi connectivity index (χ4v) is 0.161. The topological polar surface area (TPSA) is 43.4 Å². The molecule has 4 heteroatoms. The van der Waals surface area contributed by atoms with E-state index < -0.39 is 5.97 Å². The molecule has 0 amide bonds. The van der Waals surface area contributed by atoms with Gasteiger partial charge in [0.2, 0.25) is 0 Å². The van der Waals surface area contributed by atoms with Gasteiger partial charge in [-0.2, -0.15) is 6.29 Å². The van der Waals surface area contributed by atoms with Crippen molar-refractivity contribution in [1.82, 2.24) is 0 Å². The van der Waals surface area contributed by atoms with Crippen LogP contribution in [0, 0.1) is 0 Å². The molecule has 0 aliphatic carbocycles. The minimum absolute atomic E-state index is 0. The standard InChI is InChI=1S/C4H5O3.V/c1-2-7-4(6)3-5;/h2H2,1H3;/q-1;. The van der Waals surface area contributed by atoms with Crippen molar-refractivity contribution in [3.8, 4) is 0 Å². The summed E-state index contributed by atoms with van der Waals surface area (Å²) in [6.45, 7) is 1.85. The molecule has 0 aromatic carbocycles. The van der Waals surface area contributed by atoms with Crippen LogP contribution in [0.3, 0.4) is 0 Å². The van der Waals surface area contributed by atoms with Crippen LogP contribution in [-0.2, 0) is 32.9 Å². The Labute approximate surface area is 59.3 Å². The normalized spacial score (nSPS) is 6.62. The van der Waals surface area contributed by atoms with E-state index in [1.54, 1.807) is 6.92 Å². The fourth-order valence-electron chi connectivity index (χ4n) is 0.161. The van der Waals surface area contributed by atoms with Crippen LogP contribution in [0.4, 0.5) is 0 Å². The monoisotopic (exact) mass is 152 g/mol. The van der Waals surface area contributed by atoms with Gasteiger partial charge in [-0.3, -0.25) is 4.79 Å². The summed E-state index contributed by atoms with van der Waals surface area (Å²) in [6.07, 6.45) is 1.05. The van der Waals surface area contributed by atoms with Crippen molar-refractivity contribution in [3.63, 3.8) is 0 Å². The van der Waals surface area contributed by atoms with E-state index in [1.165, 1.54) is 0 Å². The second-order valence-corrected chi connectivity index (χ2v) is 0.823. The molecule has 0 saturated carbocycles.